The highest BCUT2D eigenvalue weighted by atomic mass is 79.9. The fourth-order valence-electron chi connectivity index (χ4n) is 2.05. The number of hydrogen-bond acceptors (Lipinski definition) is 4. The first-order valence-corrected chi connectivity index (χ1v) is 6.32. The Balaban J connectivity index is 1.99. The maximum Gasteiger partial charge on any atom is 0.154 e. The molecule has 1 N–H and O–H groups in total. The Hall–Kier alpha value is -0.460. The van der Waals surface area contributed by atoms with Crippen LogP contribution in [0.15, 0.2) is 4.60 Å². The highest BCUT2D eigenvalue weighted by Crippen LogP contribution is 2.27. The maximum absolute atomic E-state index is 10.1. The second-order valence-electron chi connectivity index (χ2n) is 4.13. The van der Waals surface area contributed by atoms with Crippen molar-refractivity contribution in [2.24, 2.45) is 7.05 Å². The molecule has 0 aliphatic carbocycles. The van der Waals surface area contributed by atoms with Crippen LogP contribution in [-0.4, -0.2) is 32.8 Å². The molecule has 0 spiro atoms. The molecule has 0 amide bonds. The smallest absolute Gasteiger partial charge is 0.154 e. The third-order valence-corrected chi connectivity index (χ3v) is 3.47. The Morgan fingerprint density at radius 3 is 3.00 bits per heavy atom. The zero-order valence-electron chi connectivity index (χ0n) is 9.27. The number of aryl methyl sites for hydroxylation is 1. The first-order chi connectivity index (χ1) is 7.68. The lowest BCUT2D eigenvalue weighted by Crippen LogP contribution is -2.22. The van der Waals surface area contributed by atoms with Crippen molar-refractivity contribution >= 4 is 15.9 Å². The highest BCUT2D eigenvalue weighted by molar-refractivity contribution is 9.10. The fourth-order valence-corrected chi connectivity index (χ4v) is 2.64. The van der Waals surface area contributed by atoms with E-state index >= 15 is 0 Å². The highest BCUT2D eigenvalue weighted by Gasteiger charge is 2.23. The van der Waals surface area contributed by atoms with Crippen molar-refractivity contribution in [3.63, 3.8) is 0 Å². The molecule has 0 aromatic carbocycles. The van der Waals surface area contributed by atoms with Crippen LogP contribution >= 0.6 is 15.9 Å². The molecule has 1 aliphatic rings. The predicted molar refractivity (Wildman–Crippen MR) is 61.9 cm³/mol. The molecular formula is C10H16BrN3O2. The standard InChI is InChI=1S/C10H16BrN3O2/c1-14-9(10(11)12-13-14)8(15)6-7-4-2-3-5-16-7/h7-8,15H,2-6H2,1H3. The maximum atomic E-state index is 10.1. The molecule has 2 unspecified atom stereocenters. The first-order valence-electron chi connectivity index (χ1n) is 5.53. The minimum atomic E-state index is -0.572. The van der Waals surface area contributed by atoms with Crippen LogP contribution in [-0.2, 0) is 11.8 Å². The Labute approximate surface area is 103 Å². The average molecular weight is 290 g/mol. The van der Waals surface area contributed by atoms with Gasteiger partial charge in [-0.1, -0.05) is 5.21 Å². The zero-order valence-corrected chi connectivity index (χ0v) is 10.9. The van der Waals surface area contributed by atoms with Gasteiger partial charge in [-0.2, -0.15) is 0 Å². The molecule has 1 aliphatic heterocycles. The van der Waals surface area contributed by atoms with Crippen LogP contribution in [0.3, 0.4) is 0 Å². The van der Waals surface area contributed by atoms with E-state index in [0.717, 1.165) is 19.4 Å². The van der Waals surface area contributed by atoms with Crippen molar-refractivity contribution in [2.75, 3.05) is 6.61 Å². The van der Waals surface area contributed by atoms with Crippen LogP contribution in [0.5, 0.6) is 0 Å². The summed E-state index contributed by atoms with van der Waals surface area (Å²) in [5.74, 6) is 0. The number of ether oxygens (including phenoxy) is 1. The third-order valence-electron chi connectivity index (χ3n) is 2.90. The van der Waals surface area contributed by atoms with Crippen molar-refractivity contribution in [3.8, 4) is 0 Å². The molecule has 0 bridgehead atoms. The lowest BCUT2D eigenvalue weighted by Gasteiger charge is -2.24. The van der Waals surface area contributed by atoms with E-state index in [1.165, 1.54) is 6.42 Å². The second kappa shape index (κ2) is 5.25. The molecule has 2 rings (SSSR count). The van der Waals surface area contributed by atoms with Gasteiger partial charge in [0.1, 0.15) is 11.8 Å². The van der Waals surface area contributed by atoms with Crippen LogP contribution in [0.1, 0.15) is 37.5 Å². The molecule has 1 aromatic rings. The van der Waals surface area contributed by atoms with Crippen LogP contribution in [0.25, 0.3) is 0 Å². The summed E-state index contributed by atoms with van der Waals surface area (Å²) >= 11 is 3.29. The minimum Gasteiger partial charge on any atom is -0.387 e. The SMILES string of the molecule is Cn1nnc(Br)c1C(O)CC1CCCCO1. The van der Waals surface area contributed by atoms with E-state index in [-0.39, 0.29) is 6.10 Å². The number of aromatic nitrogens is 3. The van der Waals surface area contributed by atoms with Crippen LogP contribution in [0.2, 0.25) is 0 Å². The second-order valence-corrected chi connectivity index (χ2v) is 4.88. The van der Waals surface area contributed by atoms with Crippen molar-refractivity contribution in [1.82, 2.24) is 15.0 Å². The Morgan fingerprint density at radius 2 is 2.44 bits per heavy atom. The Bertz CT molecular complexity index is 330. The summed E-state index contributed by atoms with van der Waals surface area (Å²) in [6, 6.07) is 0. The van der Waals surface area contributed by atoms with E-state index in [4.69, 9.17) is 4.74 Å². The van der Waals surface area contributed by atoms with Gasteiger partial charge in [-0.05, 0) is 35.2 Å². The molecule has 1 saturated heterocycles. The molecule has 5 nitrogen and oxygen atoms in total. The van der Waals surface area contributed by atoms with Gasteiger partial charge in [0, 0.05) is 20.1 Å². The Kier molecular flexibility index (Phi) is 3.94. The van der Waals surface area contributed by atoms with Gasteiger partial charge in [0.2, 0.25) is 0 Å². The number of aliphatic hydroxyl groups is 1. The van der Waals surface area contributed by atoms with E-state index in [2.05, 4.69) is 26.2 Å². The summed E-state index contributed by atoms with van der Waals surface area (Å²) in [4.78, 5) is 0. The van der Waals surface area contributed by atoms with Gasteiger partial charge in [0.05, 0.1) is 6.10 Å². The summed E-state index contributed by atoms with van der Waals surface area (Å²) < 4.78 is 7.81. The molecular weight excluding hydrogens is 274 g/mol. The van der Waals surface area contributed by atoms with Crippen molar-refractivity contribution in [2.45, 2.75) is 37.9 Å². The monoisotopic (exact) mass is 289 g/mol. The summed E-state index contributed by atoms with van der Waals surface area (Å²) in [7, 11) is 1.78. The molecule has 1 aromatic heterocycles. The van der Waals surface area contributed by atoms with Crippen molar-refractivity contribution in [3.05, 3.63) is 10.3 Å². The van der Waals surface area contributed by atoms with E-state index < -0.39 is 6.10 Å². The quantitative estimate of drug-likeness (QED) is 0.918. The molecule has 16 heavy (non-hydrogen) atoms. The molecule has 2 heterocycles. The van der Waals surface area contributed by atoms with Gasteiger partial charge in [0.15, 0.2) is 4.60 Å². The average Bonchev–Trinajstić information content (AvgIpc) is 2.60. The summed E-state index contributed by atoms with van der Waals surface area (Å²) in [6.45, 7) is 0.808. The topological polar surface area (TPSA) is 60.2 Å². The summed E-state index contributed by atoms with van der Waals surface area (Å²) in [6.07, 6.45) is 3.54. The van der Waals surface area contributed by atoms with E-state index in [1.807, 2.05) is 0 Å². The normalized spacial score (nSPS) is 23.3. The fraction of sp³-hybridized carbons (Fsp3) is 0.800. The van der Waals surface area contributed by atoms with Gasteiger partial charge < -0.3 is 9.84 Å². The largest absolute Gasteiger partial charge is 0.387 e. The lowest BCUT2D eigenvalue weighted by atomic mass is 10.0. The Morgan fingerprint density at radius 1 is 1.62 bits per heavy atom. The number of aliphatic hydroxyl groups excluding tert-OH is 1. The number of nitrogens with zero attached hydrogens (tertiary/aromatic N) is 3. The zero-order chi connectivity index (χ0) is 11.5. The lowest BCUT2D eigenvalue weighted by molar-refractivity contribution is -0.0170. The van der Waals surface area contributed by atoms with Crippen LogP contribution in [0.4, 0.5) is 0 Å². The predicted octanol–water partition coefficient (Wildman–Crippen LogP) is 1.57. The van der Waals surface area contributed by atoms with E-state index in [9.17, 15) is 5.11 Å². The molecule has 90 valence electrons. The molecule has 0 saturated carbocycles. The number of halogens is 1. The third kappa shape index (κ3) is 2.61. The van der Waals surface area contributed by atoms with Crippen LogP contribution < -0.4 is 0 Å². The summed E-state index contributed by atoms with van der Waals surface area (Å²) in [5, 5.41) is 17.8. The van der Waals surface area contributed by atoms with Crippen molar-refractivity contribution in [1.29, 1.82) is 0 Å². The first kappa shape index (κ1) is 12.0. The van der Waals surface area contributed by atoms with Crippen molar-refractivity contribution < 1.29 is 9.84 Å². The molecule has 2 atom stereocenters. The van der Waals surface area contributed by atoms with Gasteiger partial charge in [-0.15, -0.1) is 5.10 Å². The van der Waals surface area contributed by atoms with E-state index in [1.54, 1.807) is 11.7 Å². The number of hydrogen-bond donors (Lipinski definition) is 1. The van der Waals surface area contributed by atoms with Crippen LogP contribution in [0, 0.1) is 0 Å². The molecule has 1 fully saturated rings. The minimum absolute atomic E-state index is 0.158. The van der Waals surface area contributed by atoms with Gasteiger partial charge in [0.25, 0.3) is 0 Å². The van der Waals surface area contributed by atoms with E-state index in [0.29, 0.717) is 16.7 Å². The van der Waals surface area contributed by atoms with Gasteiger partial charge in [-0.25, -0.2) is 4.68 Å². The summed E-state index contributed by atoms with van der Waals surface area (Å²) in [5.41, 5.74) is 0.717. The van der Waals surface area contributed by atoms with Gasteiger partial charge >= 0.3 is 0 Å². The van der Waals surface area contributed by atoms with Gasteiger partial charge in [-0.3, -0.25) is 0 Å². The molecule has 0 radical (unpaired) electrons. The number of rotatable bonds is 3. The molecule has 6 heteroatoms.